The summed E-state index contributed by atoms with van der Waals surface area (Å²) in [6.07, 6.45) is -1.42. The first-order valence-electron chi connectivity index (χ1n) is 4.15. The largest absolute Gasteiger partial charge is 0.511 e. The van der Waals surface area contributed by atoms with Gasteiger partial charge < -0.3 is 14.6 Å². The summed E-state index contributed by atoms with van der Waals surface area (Å²) in [6.45, 7) is 1.59. The summed E-state index contributed by atoms with van der Waals surface area (Å²) in [7, 11) is 1.26. The fourth-order valence-electron chi connectivity index (χ4n) is 1.15. The Morgan fingerprint density at radius 2 is 2.00 bits per heavy atom. The van der Waals surface area contributed by atoms with Gasteiger partial charge >= 0.3 is 12.1 Å². The van der Waals surface area contributed by atoms with Crippen LogP contribution >= 0.6 is 0 Å². The number of carbonyl (C=O) groups is 2. The summed E-state index contributed by atoms with van der Waals surface area (Å²) in [5, 5.41) is 8.44. The summed E-state index contributed by atoms with van der Waals surface area (Å²) < 4.78 is 9.02. The molecular weight excluding hydrogens is 200 g/mol. The normalized spacial score (nSPS) is 9.47. The number of methoxy groups -OCH3 is 1. The Bertz CT molecular complexity index is 397. The Morgan fingerprint density at radius 3 is 2.53 bits per heavy atom. The monoisotopic (exact) mass is 210 g/mol. The molecule has 0 radical (unpaired) electrons. The lowest BCUT2D eigenvalue weighted by atomic mass is 10.1. The number of ether oxygens (including phenoxy) is 2. The van der Waals surface area contributed by atoms with Crippen molar-refractivity contribution in [2.75, 3.05) is 7.11 Å². The highest BCUT2D eigenvalue weighted by molar-refractivity contribution is 5.91. The van der Waals surface area contributed by atoms with Gasteiger partial charge in [-0.25, -0.2) is 9.59 Å². The van der Waals surface area contributed by atoms with Crippen molar-refractivity contribution >= 4 is 12.1 Å². The number of carboxylic acid groups (broad SMARTS) is 1. The van der Waals surface area contributed by atoms with Crippen molar-refractivity contribution in [2.24, 2.45) is 0 Å². The van der Waals surface area contributed by atoms with E-state index in [0.29, 0.717) is 5.56 Å². The molecule has 0 bridgehead atoms. The summed E-state index contributed by atoms with van der Waals surface area (Å²) in [5.41, 5.74) is 0.725. The molecule has 0 spiro atoms. The highest BCUT2D eigenvalue weighted by Gasteiger charge is 2.13. The van der Waals surface area contributed by atoms with Crippen LogP contribution in [0.1, 0.15) is 15.9 Å². The second-order valence-electron chi connectivity index (χ2n) is 2.79. The van der Waals surface area contributed by atoms with Crippen LogP contribution in [0.5, 0.6) is 5.75 Å². The number of hydrogen-bond acceptors (Lipinski definition) is 4. The third-order valence-corrected chi connectivity index (χ3v) is 1.89. The van der Waals surface area contributed by atoms with Gasteiger partial charge in [-0.1, -0.05) is 6.07 Å². The zero-order chi connectivity index (χ0) is 11.4. The second-order valence-corrected chi connectivity index (χ2v) is 2.79. The summed E-state index contributed by atoms with van der Waals surface area (Å²) >= 11 is 0. The molecule has 0 heterocycles. The number of benzene rings is 1. The molecule has 0 aliphatic carbocycles. The van der Waals surface area contributed by atoms with Crippen LogP contribution in [0, 0.1) is 6.92 Å². The van der Waals surface area contributed by atoms with Crippen molar-refractivity contribution in [3.05, 3.63) is 29.3 Å². The lowest BCUT2D eigenvalue weighted by Gasteiger charge is -2.07. The molecule has 1 aromatic rings. The average Bonchev–Trinajstić information content (AvgIpc) is 2.19. The molecule has 0 aromatic heterocycles. The van der Waals surface area contributed by atoms with Crippen molar-refractivity contribution in [3.8, 4) is 5.75 Å². The van der Waals surface area contributed by atoms with Crippen LogP contribution in [0.25, 0.3) is 0 Å². The van der Waals surface area contributed by atoms with E-state index >= 15 is 0 Å². The SMILES string of the molecule is COC(=O)c1cccc(OC(=O)O)c1C. The number of hydrogen-bond donors (Lipinski definition) is 1. The van der Waals surface area contributed by atoms with Gasteiger partial charge in [0.2, 0.25) is 0 Å². The van der Waals surface area contributed by atoms with Gasteiger partial charge in [0.1, 0.15) is 5.75 Å². The highest BCUT2D eigenvalue weighted by atomic mass is 16.7. The molecule has 1 aromatic carbocycles. The fourth-order valence-corrected chi connectivity index (χ4v) is 1.15. The molecule has 1 rings (SSSR count). The van der Waals surface area contributed by atoms with E-state index in [2.05, 4.69) is 9.47 Å². The number of esters is 1. The van der Waals surface area contributed by atoms with Crippen molar-refractivity contribution in [3.63, 3.8) is 0 Å². The highest BCUT2D eigenvalue weighted by Crippen LogP contribution is 2.21. The van der Waals surface area contributed by atoms with Gasteiger partial charge in [0, 0.05) is 5.56 Å². The van der Waals surface area contributed by atoms with E-state index in [1.165, 1.54) is 25.3 Å². The zero-order valence-electron chi connectivity index (χ0n) is 8.31. The molecule has 80 valence electrons. The molecule has 0 atom stereocenters. The predicted octanol–water partition coefficient (Wildman–Crippen LogP) is 1.84. The first-order chi connectivity index (χ1) is 7.06. The predicted molar refractivity (Wildman–Crippen MR) is 51.2 cm³/mol. The van der Waals surface area contributed by atoms with Crippen LogP contribution in [-0.4, -0.2) is 24.3 Å². The van der Waals surface area contributed by atoms with E-state index in [1.807, 2.05) is 0 Å². The lowest BCUT2D eigenvalue weighted by Crippen LogP contribution is -2.08. The van der Waals surface area contributed by atoms with Gasteiger partial charge in [0.05, 0.1) is 12.7 Å². The number of carbonyl (C=O) groups excluding carboxylic acids is 1. The van der Waals surface area contributed by atoms with Crippen LogP contribution in [-0.2, 0) is 4.74 Å². The zero-order valence-corrected chi connectivity index (χ0v) is 8.31. The van der Waals surface area contributed by atoms with Crippen molar-refractivity contribution in [1.29, 1.82) is 0 Å². The smallest absolute Gasteiger partial charge is 0.465 e. The van der Waals surface area contributed by atoms with E-state index < -0.39 is 12.1 Å². The molecule has 0 saturated heterocycles. The molecule has 0 aliphatic rings. The molecule has 0 amide bonds. The van der Waals surface area contributed by atoms with Gasteiger partial charge in [-0.05, 0) is 19.1 Å². The van der Waals surface area contributed by atoms with E-state index in [-0.39, 0.29) is 11.3 Å². The van der Waals surface area contributed by atoms with Crippen LogP contribution in [0.2, 0.25) is 0 Å². The van der Waals surface area contributed by atoms with Gasteiger partial charge in [-0.15, -0.1) is 0 Å². The minimum absolute atomic E-state index is 0.130. The van der Waals surface area contributed by atoms with E-state index in [0.717, 1.165) is 0 Å². The van der Waals surface area contributed by atoms with Crippen LogP contribution in [0.3, 0.4) is 0 Å². The van der Waals surface area contributed by atoms with Crippen LogP contribution in [0.4, 0.5) is 4.79 Å². The molecule has 0 fully saturated rings. The van der Waals surface area contributed by atoms with Crippen molar-refractivity contribution in [1.82, 2.24) is 0 Å². The first-order valence-corrected chi connectivity index (χ1v) is 4.15. The minimum atomic E-state index is -1.42. The molecular formula is C10H10O5. The quantitative estimate of drug-likeness (QED) is 0.595. The van der Waals surface area contributed by atoms with Gasteiger partial charge in [-0.3, -0.25) is 0 Å². The lowest BCUT2D eigenvalue weighted by molar-refractivity contribution is 0.0598. The topological polar surface area (TPSA) is 72.8 Å². The molecule has 0 aliphatic heterocycles. The molecule has 0 saturated carbocycles. The molecule has 5 nitrogen and oxygen atoms in total. The first kappa shape index (κ1) is 11.0. The van der Waals surface area contributed by atoms with Crippen molar-refractivity contribution < 1.29 is 24.2 Å². The standard InChI is InChI=1S/C10H10O5/c1-6-7(9(11)14-2)4-3-5-8(6)15-10(12)13/h3-5H,1-2H3,(H,12,13). The second kappa shape index (κ2) is 4.45. The summed E-state index contributed by atoms with van der Waals surface area (Å²) in [4.78, 5) is 21.6. The average molecular weight is 210 g/mol. The van der Waals surface area contributed by atoms with Gasteiger partial charge in [0.25, 0.3) is 0 Å². The maximum Gasteiger partial charge on any atom is 0.511 e. The Balaban J connectivity index is 3.11. The summed E-state index contributed by atoms with van der Waals surface area (Å²) in [6, 6.07) is 4.53. The molecule has 1 N–H and O–H groups in total. The third kappa shape index (κ3) is 2.46. The Morgan fingerprint density at radius 1 is 1.33 bits per heavy atom. The maximum atomic E-state index is 11.2. The minimum Gasteiger partial charge on any atom is -0.465 e. The third-order valence-electron chi connectivity index (χ3n) is 1.89. The van der Waals surface area contributed by atoms with Gasteiger partial charge in [-0.2, -0.15) is 0 Å². The van der Waals surface area contributed by atoms with E-state index in [1.54, 1.807) is 6.92 Å². The Hall–Kier alpha value is -2.04. The fraction of sp³-hybridized carbons (Fsp3) is 0.200. The Labute approximate surface area is 86.2 Å². The Kier molecular flexibility index (Phi) is 3.28. The molecule has 15 heavy (non-hydrogen) atoms. The van der Waals surface area contributed by atoms with Crippen molar-refractivity contribution in [2.45, 2.75) is 6.92 Å². The van der Waals surface area contributed by atoms with E-state index in [9.17, 15) is 9.59 Å². The molecule has 0 unspecified atom stereocenters. The van der Waals surface area contributed by atoms with E-state index in [4.69, 9.17) is 5.11 Å². The molecule has 5 heteroatoms. The summed E-state index contributed by atoms with van der Waals surface area (Å²) in [5.74, 6) is -0.395. The van der Waals surface area contributed by atoms with Crippen LogP contribution < -0.4 is 4.74 Å². The van der Waals surface area contributed by atoms with Gasteiger partial charge in [0.15, 0.2) is 0 Å². The number of rotatable bonds is 2. The van der Waals surface area contributed by atoms with Crippen LogP contribution in [0.15, 0.2) is 18.2 Å². The maximum absolute atomic E-state index is 11.2.